The average Bonchev–Trinajstić information content (AvgIpc) is 2.81. The van der Waals surface area contributed by atoms with Crippen LogP contribution in [0.1, 0.15) is 37.1 Å². The third-order valence-electron chi connectivity index (χ3n) is 2.90. The average molecular weight is 225 g/mol. The molecule has 2 unspecified atom stereocenters. The van der Waals surface area contributed by atoms with Gasteiger partial charge in [0, 0.05) is 24.1 Å². The van der Waals surface area contributed by atoms with E-state index in [1.807, 2.05) is 11.3 Å². The van der Waals surface area contributed by atoms with Crippen LogP contribution in [-0.4, -0.2) is 19.3 Å². The smallest absolute Gasteiger partial charge is 0.0699 e. The van der Waals surface area contributed by atoms with E-state index in [0.29, 0.717) is 12.1 Å². The van der Waals surface area contributed by atoms with Crippen molar-refractivity contribution in [3.8, 4) is 0 Å². The van der Waals surface area contributed by atoms with Crippen molar-refractivity contribution in [2.24, 2.45) is 0 Å². The van der Waals surface area contributed by atoms with Gasteiger partial charge in [-0.05, 0) is 37.6 Å². The van der Waals surface area contributed by atoms with Gasteiger partial charge in [-0.1, -0.05) is 6.07 Å². The Balaban J connectivity index is 1.73. The predicted octanol–water partition coefficient (Wildman–Crippen LogP) is 2.97. The molecule has 1 aromatic heterocycles. The van der Waals surface area contributed by atoms with Gasteiger partial charge in [-0.15, -0.1) is 11.3 Å². The van der Waals surface area contributed by atoms with Crippen LogP contribution in [0.4, 0.5) is 0 Å². The van der Waals surface area contributed by atoms with E-state index in [2.05, 4.69) is 29.8 Å². The molecular formula is C12H19NOS. The first kappa shape index (κ1) is 11.1. The molecule has 0 bridgehead atoms. The maximum atomic E-state index is 5.69. The van der Waals surface area contributed by atoms with Crippen LogP contribution in [0, 0.1) is 0 Å². The minimum atomic E-state index is 0.432. The molecule has 0 radical (unpaired) electrons. The molecule has 1 saturated heterocycles. The van der Waals surface area contributed by atoms with Gasteiger partial charge in [-0.3, -0.25) is 0 Å². The summed E-state index contributed by atoms with van der Waals surface area (Å²) in [5.41, 5.74) is 0. The molecule has 0 aromatic carbocycles. The number of rotatable bonds is 4. The van der Waals surface area contributed by atoms with Crippen LogP contribution in [-0.2, 0) is 4.74 Å². The largest absolute Gasteiger partial charge is 0.377 e. The quantitative estimate of drug-likeness (QED) is 0.850. The van der Waals surface area contributed by atoms with Crippen molar-refractivity contribution in [2.45, 2.75) is 38.3 Å². The van der Waals surface area contributed by atoms with Crippen molar-refractivity contribution in [1.82, 2.24) is 5.32 Å². The molecule has 2 nitrogen and oxygen atoms in total. The Labute approximate surface area is 95.6 Å². The normalized spacial score (nSPS) is 23.9. The summed E-state index contributed by atoms with van der Waals surface area (Å²) in [5.74, 6) is 0. The number of nitrogens with one attached hydrogen (secondary N) is 1. The summed E-state index contributed by atoms with van der Waals surface area (Å²) in [6.45, 7) is 4.15. The van der Waals surface area contributed by atoms with Crippen LogP contribution in [0.2, 0.25) is 0 Å². The first-order valence-corrected chi connectivity index (χ1v) is 6.62. The third kappa shape index (κ3) is 3.30. The fraction of sp³-hybridized carbons (Fsp3) is 0.667. The maximum Gasteiger partial charge on any atom is 0.0699 e. The summed E-state index contributed by atoms with van der Waals surface area (Å²) < 4.78 is 5.69. The van der Waals surface area contributed by atoms with Crippen molar-refractivity contribution in [3.05, 3.63) is 22.4 Å². The van der Waals surface area contributed by atoms with Gasteiger partial charge in [0.25, 0.3) is 0 Å². The number of thiophene rings is 1. The van der Waals surface area contributed by atoms with Crippen LogP contribution in [0.25, 0.3) is 0 Å². The minimum Gasteiger partial charge on any atom is -0.377 e. The molecule has 2 heterocycles. The van der Waals surface area contributed by atoms with Crippen LogP contribution in [0.5, 0.6) is 0 Å². The van der Waals surface area contributed by atoms with Gasteiger partial charge in [-0.25, -0.2) is 0 Å². The Morgan fingerprint density at radius 2 is 2.53 bits per heavy atom. The molecule has 3 heteroatoms. The molecule has 0 spiro atoms. The molecule has 1 aromatic rings. The minimum absolute atomic E-state index is 0.432. The fourth-order valence-corrected chi connectivity index (χ4v) is 2.67. The molecule has 15 heavy (non-hydrogen) atoms. The molecule has 0 amide bonds. The molecule has 84 valence electrons. The lowest BCUT2D eigenvalue weighted by atomic mass is 10.1. The summed E-state index contributed by atoms with van der Waals surface area (Å²) >= 11 is 1.81. The second kappa shape index (κ2) is 5.64. The lowest BCUT2D eigenvalue weighted by Crippen LogP contribution is -2.33. The molecule has 1 N–H and O–H groups in total. The summed E-state index contributed by atoms with van der Waals surface area (Å²) in [4.78, 5) is 1.41. The Hall–Kier alpha value is -0.380. The zero-order valence-corrected chi connectivity index (χ0v) is 10.1. The Morgan fingerprint density at radius 1 is 1.60 bits per heavy atom. The molecular weight excluding hydrogens is 206 g/mol. The second-order valence-electron chi connectivity index (χ2n) is 4.13. The van der Waals surface area contributed by atoms with Gasteiger partial charge < -0.3 is 10.1 Å². The Kier molecular flexibility index (Phi) is 4.18. The van der Waals surface area contributed by atoms with Gasteiger partial charge in [0.1, 0.15) is 0 Å². The van der Waals surface area contributed by atoms with E-state index in [-0.39, 0.29) is 0 Å². The lowest BCUT2D eigenvalue weighted by molar-refractivity contribution is 0.0157. The molecule has 1 aliphatic heterocycles. The molecule has 2 rings (SSSR count). The van der Waals surface area contributed by atoms with Crippen molar-refractivity contribution >= 4 is 11.3 Å². The maximum absolute atomic E-state index is 5.69. The zero-order valence-electron chi connectivity index (χ0n) is 9.24. The van der Waals surface area contributed by atoms with Gasteiger partial charge in [0.2, 0.25) is 0 Å². The molecule has 0 saturated carbocycles. The highest BCUT2D eigenvalue weighted by atomic mass is 32.1. The van der Waals surface area contributed by atoms with E-state index in [4.69, 9.17) is 4.74 Å². The fourth-order valence-electron chi connectivity index (χ4n) is 1.91. The van der Waals surface area contributed by atoms with Crippen LogP contribution >= 0.6 is 11.3 Å². The zero-order chi connectivity index (χ0) is 10.5. The van der Waals surface area contributed by atoms with Gasteiger partial charge in [-0.2, -0.15) is 0 Å². The van der Waals surface area contributed by atoms with E-state index >= 15 is 0 Å². The Bertz CT molecular complexity index is 267. The van der Waals surface area contributed by atoms with E-state index in [1.54, 1.807) is 0 Å². The first-order chi connectivity index (χ1) is 7.36. The number of hydrogen-bond acceptors (Lipinski definition) is 3. The van der Waals surface area contributed by atoms with E-state index in [0.717, 1.165) is 13.2 Å². The number of ether oxygens (including phenoxy) is 1. The monoisotopic (exact) mass is 225 g/mol. The van der Waals surface area contributed by atoms with Gasteiger partial charge >= 0.3 is 0 Å². The highest BCUT2D eigenvalue weighted by Gasteiger charge is 2.15. The van der Waals surface area contributed by atoms with Gasteiger partial charge in [0.15, 0.2) is 0 Å². The van der Waals surface area contributed by atoms with Crippen LogP contribution in [0.3, 0.4) is 0 Å². The SMILES string of the molecule is CC(NCC1CCCCO1)c1cccs1. The van der Waals surface area contributed by atoms with Gasteiger partial charge in [0.05, 0.1) is 6.10 Å². The second-order valence-corrected chi connectivity index (χ2v) is 5.11. The third-order valence-corrected chi connectivity index (χ3v) is 3.95. The van der Waals surface area contributed by atoms with E-state index < -0.39 is 0 Å². The lowest BCUT2D eigenvalue weighted by Gasteiger charge is -2.24. The molecule has 1 aliphatic rings. The topological polar surface area (TPSA) is 21.3 Å². The predicted molar refractivity (Wildman–Crippen MR) is 64.3 cm³/mol. The highest BCUT2D eigenvalue weighted by molar-refractivity contribution is 7.10. The van der Waals surface area contributed by atoms with Crippen LogP contribution in [0.15, 0.2) is 17.5 Å². The highest BCUT2D eigenvalue weighted by Crippen LogP contribution is 2.19. The van der Waals surface area contributed by atoms with Crippen molar-refractivity contribution < 1.29 is 4.74 Å². The summed E-state index contributed by atoms with van der Waals surface area (Å²) in [6.07, 6.45) is 4.20. The van der Waals surface area contributed by atoms with Crippen molar-refractivity contribution in [1.29, 1.82) is 0 Å². The summed E-state index contributed by atoms with van der Waals surface area (Å²) in [6, 6.07) is 4.75. The molecule has 2 atom stereocenters. The summed E-state index contributed by atoms with van der Waals surface area (Å²) in [7, 11) is 0. The standard InChI is InChI=1S/C12H19NOS/c1-10(12-6-4-8-15-12)13-9-11-5-2-3-7-14-11/h4,6,8,10-11,13H,2-3,5,7,9H2,1H3. The van der Waals surface area contributed by atoms with Crippen molar-refractivity contribution in [2.75, 3.05) is 13.2 Å². The first-order valence-electron chi connectivity index (χ1n) is 5.74. The van der Waals surface area contributed by atoms with E-state index in [1.165, 1.54) is 24.1 Å². The van der Waals surface area contributed by atoms with E-state index in [9.17, 15) is 0 Å². The summed E-state index contributed by atoms with van der Waals surface area (Å²) in [5, 5.41) is 5.67. The van der Waals surface area contributed by atoms with Crippen molar-refractivity contribution in [3.63, 3.8) is 0 Å². The molecule has 0 aliphatic carbocycles. The Morgan fingerprint density at radius 3 is 3.20 bits per heavy atom. The van der Waals surface area contributed by atoms with Crippen LogP contribution < -0.4 is 5.32 Å². The number of hydrogen-bond donors (Lipinski definition) is 1. The molecule has 1 fully saturated rings.